The summed E-state index contributed by atoms with van der Waals surface area (Å²) in [6.07, 6.45) is 1.78. The van der Waals surface area contributed by atoms with E-state index >= 15 is 0 Å². The van der Waals surface area contributed by atoms with Crippen molar-refractivity contribution in [3.63, 3.8) is 0 Å². The molecule has 1 aromatic carbocycles. The van der Waals surface area contributed by atoms with Crippen LogP contribution in [0.2, 0.25) is 0 Å². The molecule has 0 bridgehead atoms. The van der Waals surface area contributed by atoms with Crippen molar-refractivity contribution in [3.05, 3.63) is 47.5 Å². The standard InChI is InChI=1S/C29H46N2O4/c1-12-35-27(34)20(4)18-23(19(2)3)31(11)26(33)24(28(6,7)8)30-25(32)21(5)29(9,10)22-16-14-13-15-17-22/h13-19,21,23-24H,12H2,1-11H3,(H,30,32)/t21-,23-,24-/m1/s1. The Kier molecular flexibility index (Phi) is 10.7. The van der Waals surface area contributed by atoms with E-state index < -0.39 is 22.8 Å². The van der Waals surface area contributed by atoms with E-state index in [9.17, 15) is 14.4 Å². The second-order valence-corrected chi connectivity index (χ2v) is 11.4. The molecule has 0 aliphatic carbocycles. The fourth-order valence-electron chi connectivity index (χ4n) is 4.03. The summed E-state index contributed by atoms with van der Waals surface area (Å²) in [5.74, 6) is -1.06. The first-order valence-corrected chi connectivity index (χ1v) is 12.5. The lowest BCUT2D eigenvalue weighted by molar-refractivity contribution is -0.141. The summed E-state index contributed by atoms with van der Waals surface area (Å²) >= 11 is 0. The van der Waals surface area contributed by atoms with Crippen molar-refractivity contribution >= 4 is 17.8 Å². The van der Waals surface area contributed by atoms with Crippen LogP contribution in [0.15, 0.2) is 42.0 Å². The monoisotopic (exact) mass is 486 g/mol. The summed E-state index contributed by atoms with van der Waals surface area (Å²) in [7, 11) is 1.73. The van der Waals surface area contributed by atoms with E-state index in [1.165, 1.54) is 0 Å². The second kappa shape index (κ2) is 12.4. The molecule has 196 valence electrons. The molecule has 0 aliphatic rings. The van der Waals surface area contributed by atoms with Crippen molar-refractivity contribution < 1.29 is 19.1 Å². The smallest absolute Gasteiger partial charge is 0.333 e. The minimum Gasteiger partial charge on any atom is -0.463 e. The first kappa shape index (κ1) is 30.4. The van der Waals surface area contributed by atoms with Crippen LogP contribution in [0.4, 0.5) is 0 Å². The Morgan fingerprint density at radius 2 is 1.57 bits per heavy atom. The van der Waals surface area contributed by atoms with Gasteiger partial charge in [0.1, 0.15) is 6.04 Å². The highest BCUT2D eigenvalue weighted by Gasteiger charge is 2.40. The summed E-state index contributed by atoms with van der Waals surface area (Å²) in [5, 5.41) is 3.06. The van der Waals surface area contributed by atoms with Gasteiger partial charge >= 0.3 is 5.97 Å². The van der Waals surface area contributed by atoms with E-state index in [0.717, 1.165) is 5.56 Å². The lowest BCUT2D eigenvalue weighted by atomic mass is 9.73. The highest BCUT2D eigenvalue weighted by atomic mass is 16.5. The zero-order chi connectivity index (χ0) is 27.1. The zero-order valence-corrected chi connectivity index (χ0v) is 23.6. The Morgan fingerprint density at radius 3 is 2.03 bits per heavy atom. The summed E-state index contributed by atoms with van der Waals surface area (Å²) in [6.45, 7) is 19.6. The quantitative estimate of drug-likeness (QED) is 0.368. The van der Waals surface area contributed by atoms with Crippen LogP contribution < -0.4 is 5.32 Å². The summed E-state index contributed by atoms with van der Waals surface area (Å²) in [5.41, 5.74) is 0.597. The maximum absolute atomic E-state index is 13.8. The highest BCUT2D eigenvalue weighted by Crippen LogP contribution is 2.32. The van der Waals surface area contributed by atoms with Gasteiger partial charge in [0, 0.05) is 24.0 Å². The number of nitrogens with zero attached hydrogens (tertiary/aromatic N) is 1. The molecule has 0 aromatic heterocycles. The summed E-state index contributed by atoms with van der Waals surface area (Å²) in [4.78, 5) is 41.0. The van der Waals surface area contributed by atoms with Gasteiger partial charge in [-0.05, 0) is 30.7 Å². The Balaban J connectivity index is 3.22. The molecule has 0 radical (unpaired) electrons. The Bertz CT molecular complexity index is 897. The fraction of sp³-hybridized carbons (Fsp3) is 0.621. The number of hydrogen-bond acceptors (Lipinski definition) is 4. The normalized spacial score (nSPS) is 15.3. The summed E-state index contributed by atoms with van der Waals surface area (Å²) < 4.78 is 5.11. The van der Waals surface area contributed by atoms with Gasteiger partial charge < -0.3 is 15.0 Å². The van der Waals surface area contributed by atoms with E-state index in [1.807, 2.05) is 85.7 Å². The molecule has 0 aliphatic heterocycles. The first-order valence-electron chi connectivity index (χ1n) is 12.5. The Labute approximate surface area is 212 Å². The van der Waals surface area contributed by atoms with E-state index in [4.69, 9.17) is 4.74 Å². The molecule has 0 saturated carbocycles. The van der Waals surface area contributed by atoms with Crippen molar-refractivity contribution in [2.75, 3.05) is 13.7 Å². The average Bonchev–Trinajstić information content (AvgIpc) is 2.78. The van der Waals surface area contributed by atoms with Gasteiger partial charge in [0.05, 0.1) is 12.6 Å². The van der Waals surface area contributed by atoms with Gasteiger partial charge in [-0.3, -0.25) is 9.59 Å². The van der Waals surface area contributed by atoms with Crippen molar-refractivity contribution in [3.8, 4) is 0 Å². The van der Waals surface area contributed by atoms with Crippen LogP contribution in [0, 0.1) is 17.3 Å². The van der Waals surface area contributed by atoms with Gasteiger partial charge in [-0.1, -0.05) is 91.8 Å². The fourth-order valence-corrected chi connectivity index (χ4v) is 4.03. The first-order chi connectivity index (χ1) is 16.0. The van der Waals surface area contributed by atoms with Gasteiger partial charge in [-0.2, -0.15) is 0 Å². The van der Waals surface area contributed by atoms with Gasteiger partial charge in [0.2, 0.25) is 11.8 Å². The Morgan fingerprint density at radius 1 is 1.03 bits per heavy atom. The predicted molar refractivity (Wildman–Crippen MR) is 142 cm³/mol. The van der Waals surface area contributed by atoms with Crippen LogP contribution in [0.1, 0.15) is 74.8 Å². The minimum atomic E-state index is -0.730. The SMILES string of the molecule is CCOC(=O)C(C)=C[C@H](C(C)C)N(C)C(=O)[C@@H](NC(=O)[C@@H](C)C(C)(C)c1ccccc1)C(C)(C)C. The molecule has 3 atom stereocenters. The van der Waals surface area contributed by atoms with Crippen LogP contribution in [0.3, 0.4) is 0 Å². The molecule has 6 heteroatoms. The predicted octanol–water partition coefficient (Wildman–Crippen LogP) is 5.12. The zero-order valence-electron chi connectivity index (χ0n) is 23.6. The number of carbonyl (C=O) groups is 3. The number of amides is 2. The van der Waals surface area contributed by atoms with Crippen molar-refractivity contribution in [2.24, 2.45) is 17.3 Å². The number of hydrogen-bond donors (Lipinski definition) is 1. The van der Waals surface area contributed by atoms with Crippen LogP contribution in [0.25, 0.3) is 0 Å². The van der Waals surface area contributed by atoms with Crippen LogP contribution in [-0.2, 0) is 24.5 Å². The lowest BCUT2D eigenvalue weighted by Crippen LogP contribution is -2.58. The van der Waals surface area contributed by atoms with E-state index in [1.54, 1.807) is 31.9 Å². The molecule has 2 amide bonds. The summed E-state index contributed by atoms with van der Waals surface area (Å²) in [6, 6.07) is 8.88. The maximum Gasteiger partial charge on any atom is 0.333 e. The molecule has 0 unspecified atom stereocenters. The molecular weight excluding hydrogens is 440 g/mol. The minimum absolute atomic E-state index is 0.0561. The van der Waals surface area contributed by atoms with Crippen LogP contribution in [0.5, 0.6) is 0 Å². The molecule has 35 heavy (non-hydrogen) atoms. The molecule has 1 N–H and O–H groups in total. The third-order valence-corrected chi connectivity index (χ3v) is 6.89. The van der Waals surface area contributed by atoms with Crippen LogP contribution in [-0.4, -0.2) is 48.4 Å². The number of benzene rings is 1. The van der Waals surface area contributed by atoms with Crippen molar-refractivity contribution in [2.45, 2.75) is 86.7 Å². The van der Waals surface area contributed by atoms with E-state index in [-0.39, 0.29) is 29.7 Å². The largest absolute Gasteiger partial charge is 0.463 e. The second-order valence-electron chi connectivity index (χ2n) is 11.4. The number of nitrogens with one attached hydrogen (secondary N) is 1. The van der Waals surface area contributed by atoms with Gasteiger partial charge in [0.15, 0.2) is 0 Å². The number of carbonyl (C=O) groups excluding carboxylic acids is 3. The van der Waals surface area contributed by atoms with Gasteiger partial charge in [0.25, 0.3) is 0 Å². The molecule has 0 fully saturated rings. The molecule has 1 rings (SSSR count). The van der Waals surface area contributed by atoms with Crippen LogP contribution >= 0.6 is 0 Å². The number of esters is 1. The number of likely N-dealkylation sites (N-methyl/N-ethyl adjacent to an activating group) is 1. The molecule has 6 nitrogen and oxygen atoms in total. The maximum atomic E-state index is 13.8. The van der Waals surface area contributed by atoms with Gasteiger partial charge in [-0.15, -0.1) is 0 Å². The Hall–Kier alpha value is -2.63. The third kappa shape index (κ3) is 7.94. The molecule has 0 saturated heterocycles. The number of ether oxygens (including phenoxy) is 1. The lowest BCUT2D eigenvalue weighted by Gasteiger charge is -2.39. The molecular formula is C29H46N2O4. The molecule has 1 aromatic rings. The van der Waals surface area contributed by atoms with Crippen molar-refractivity contribution in [1.82, 2.24) is 10.2 Å². The van der Waals surface area contributed by atoms with Gasteiger partial charge in [-0.25, -0.2) is 4.79 Å². The number of rotatable bonds is 10. The molecule has 0 heterocycles. The topological polar surface area (TPSA) is 75.7 Å². The third-order valence-electron chi connectivity index (χ3n) is 6.89. The van der Waals surface area contributed by atoms with Crippen molar-refractivity contribution in [1.29, 1.82) is 0 Å². The van der Waals surface area contributed by atoms with E-state index in [0.29, 0.717) is 12.2 Å². The van der Waals surface area contributed by atoms with E-state index in [2.05, 4.69) is 5.32 Å². The average molecular weight is 487 g/mol. The molecule has 0 spiro atoms. The highest BCUT2D eigenvalue weighted by molar-refractivity contribution is 5.90.